The van der Waals surface area contributed by atoms with E-state index in [0.717, 1.165) is 24.5 Å². The molecule has 8 nitrogen and oxygen atoms in total. The summed E-state index contributed by atoms with van der Waals surface area (Å²) in [6.07, 6.45) is 2.02. The molecular formula is C18H6Br2Cl2F2N4O4. The van der Waals surface area contributed by atoms with Crippen molar-refractivity contribution in [2.45, 2.75) is 0 Å². The Hall–Kier alpha value is -2.54. The minimum absolute atomic E-state index is 0.0456. The van der Waals surface area contributed by atoms with Crippen LogP contribution in [0.1, 0.15) is 0 Å². The molecule has 0 aliphatic carbocycles. The van der Waals surface area contributed by atoms with Crippen molar-refractivity contribution in [3.63, 3.8) is 0 Å². The van der Waals surface area contributed by atoms with Gasteiger partial charge in [0.05, 0.1) is 29.8 Å². The normalized spacial score (nSPS) is 10.7. The molecule has 32 heavy (non-hydrogen) atoms. The number of aromatic nitrogens is 2. The van der Waals surface area contributed by atoms with Crippen LogP contribution in [0, 0.1) is 31.9 Å². The lowest BCUT2D eigenvalue weighted by atomic mass is 10.2. The largest absolute Gasteiger partial charge is 0.306 e. The Labute approximate surface area is 203 Å². The first-order valence-electron chi connectivity index (χ1n) is 8.16. The molecule has 2 heterocycles. The number of halogens is 6. The Morgan fingerprint density at radius 2 is 1.09 bits per heavy atom. The van der Waals surface area contributed by atoms with Gasteiger partial charge in [0.15, 0.2) is 0 Å². The van der Waals surface area contributed by atoms with Crippen LogP contribution in [0.15, 0.2) is 45.6 Å². The van der Waals surface area contributed by atoms with Crippen molar-refractivity contribution in [3.8, 4) is 0 Å². The van der Waals surface area contributed by atoms with Crippen molar-refractivity contribution in [2.75, 3.05) is 0 Å². The van der Waals surface area contributed by atoms with E-state index in [1.54, 1.807) is 0 Å². The van der Waals surface area contributed by atoms with Gasteiger partial charge >= 0.3 is 11.4 Å². The molecule has 0 amide bonds. The van der Waals surface area contributed by atoms with E-state index in [0.29, 0.717) is 10.8 Å². The second-order valence-electron chi connectivity index (χ2n) is 6.00. The summed E-state index contributed by atoms with van der Waals surface area (Å²) in [6, 6.07) is 5.06. The molecule has 0 bridgehead atoms. The first kappa shape index (κ1) is 24.1. The van der Waals surface area contributed by atoms with Gasteiger partial charge in [-0.05, 0) is 44.0 Å². The molecule has 0 fully saturated rings. The maximum atomic E-state index is 13.2. The van der Waals surface area contributed by atoms with Gasteiger partial charge in [-0.1, -0.05) is 23.2 Å². The Bertz CT molecular complexity index is 1320. The topological polar surface area (TPSA) is 112 Å². The van der Waals surface area contributed by atoms with Crippen LogP contribution in [0.5, 0.6) is 0 Å². The smallest absolute Gasteiger partial charge is 0.258 e. The molecule has 2 aromatic heterocycles. The number of hydrogen-bond donors (Lipinski definition) is 0. The van der Waals surface area contributed by atoms with Crippen LogP contribution in [0.25, 0.3) is 21.8 Å². The zero-order chi connectivity index (χ0) is 23.7. The van der Waals surface area contributed by atoms with Crippen LogP contribution >= 0.6 is 55.1 Å². The third-order valence-corrected chi connectivity index (χ3v) is 6.06. The Morgan fingerprint density at radius 1 is 0.750 bits per heavy atom. The third kappa shape index (κ3) is 4.77. The number of pyridine rings is 2. The van der Waals surface area contributed by atoms with Crippen LogP contribution in [0.3, 0.4) is 0 Å². The second-order valence-corrected chi connectivity index (χ2v) is 8.46. The average Bonchev–Trinajstić information content (AvgIpc) is 2.71. The van der Waals surface area contributed by atoms with E-state index in [1.807, 2.05) is 0 Å². The molecule has 0 saturated carbocycles. The third-order valence-electron chi connectivity index (χ3n) is 4.05. The van der Waals surface area contributed by atoms with Crippen molar-refractivity contribution in [1.82, 2.24) is 9.97 Å². The average molecular weight is 611 g/mol. The summed E-state index contributed by atoms with van der Waals surface area (Å²) in [6.45, 7) is 0. The van der Waals surface area contributed by atoms with Crippen molar-refractivity contribution >= 4 is 88.2 Å². The lowest BCUT2D eigenvalue weighted by Gasteiger charge is -2.02. The standard InChI is InChI=1S/2C9H3BrClFN2O2/c2*10-5-1-4-7(2-6(5)12)13-3-8(9(4)11)14(15)16/h2*1-3H. The van der Waals surface area contributed by atoms with E-state index >= 15 is 0 Å². The molecule has 4 aromatic rings. The number of fused-ring (bicyclic) bond motifs is 2. The highest BCUT2D eigenvalue weighted by Crippen LogP contribution is 2.34. The van der Waals surface area contributed by atoms with E-state index in [4.69, 9.17) is 23.2 Å². The molecule has 0 atom stereocenters. The fourth-order valence-electron chi connectivity index (χ4n) is 2.54. The van der Waals surface area contributed by atoms with Gasteiger partial charge < -0.3 is 0 Å². The molecule has 0 saturated heterocycles. The first-order valence-corrected chi connectivity index (χ1v) is 10.5. The second kappa shape index (κ2) is 9.53. The molecule has 4 rings (SSSR count). The molecule has 0 aliphatic heterocycles. The maximum Gasteiger partial charge on any atom is 0.306 e. The SMILES string of the molecule is O=[N+]([O-])c1cnc2cc(F)c(Br)cc2c1Cl.O=[N+]([O-])c1cnc2cc(F)c(Br)cc2c1Cl. The van der Waals surface area contributed by atoms with Gasteiger partial charge in [-0.25, -0.2) is 18.7 Å². The summed E-state index contributed by atoms with van der Waals surface area (Å²) in [7, 11) is 0. The van der Waals surface area contributed by atoms with Gasteiger partial charge in [0, 0.05) is 22.9 Å². The Kier molecular flexibility index (Phi) is 7.18. The zero-order valence-corrected chi connectivity index (χ0v) is 19.8. The number of rotatable bonds is 2. The number of benzene rings is 2. The highest BCUT2D eigenvalue weighted by Gasteiger charge is 2.18. The fraction of sp³-hybridized carbons (Fsp3) is 0. The van der Waals surface area contributed by atoms with Crippen LogP contribution in [0.2, 0.25) is 10.0 Å². The number of nitrogens with zero attached hydrogens (tertiary/aromatic N) is 4. The van der Waals surface area contributed by atoms with Crippen molar-refractivity contribution in [1.29, 1.82) is 0 Å². The Morgan fingerprint density at radius 3 is 1.41 bits per heavy atom. The van der Waals surface area contributed by atoms with Crippen LogP contribution in [-0.2, 0) is 0 Å². The van der Waals surface area contributed by atoms with Crippen molar-refractivity contribution in [2.24, 2.45) is 0 Å². The number of nitro groups is 2. The van der Waals surface area contributed by atoms with Crippen molar-refractivity contribution < 1.29 is 18.6 Å². The minimum atomic E-state index is -0.633. The minimum Gasteiger partial charge on any atom is -0.258 e. The predicted molar refractivity (Wildman–Crippen MR) is 122 cm³/mol. The lowest BCUT2D eigenvalue weighted by Crippen LogP contribution is -1.92. The van der Waals surface area contributed by atoms with E-state index in [9.17, 15) is 29.0 Å². The van der Waals surface area contributed by atoms with Gasteiger partial charge in [-0.15, -0.1) is 0 Å². The summed E-state index contributed by atoms with van der Waals surface area (Å²) in [5.74, 6) is -0.991. The number of hydrogen-bond acceptors (Lipinski definition) is 6. The Balaban J connectivity index is 0.000000181. The summed E-state index contributed by atoms with van der Waals surface area (Å²) in [5, 5.41) is 21.8. The lowest BCUT2D eigenvalue weighted by molar-refractivity contribution is -0.385. The van der Waals surface area contributed by atoms with Crippen LogP contribution < -0.4 is 0 Å². The molecule has 0 radical (unpaired) electrons. The molecule has 0 N–H and O–H groups in total. The van der Waals surface area contributed by atoms with Gasteiger partial charge in [-0.2, -0.15) is 0 Å². The van der Waals surface area contributed by atoms with Gasteiger partial charge in [0.1, 0.15) is 34.1 Å². The van der Waals surface area contributed by atoms with Crippen LogP contribution in [0.4, 0.5) is 20.2 Å². The van der Waals surface area contributed by atoms with E-state index in [1.165, 1.54) is 12.1 Å². The summed E-state index contributed by atoms with van der Waals surface area (Å²) in [5.41, 5.74) is -0.0482. The molecule has 14 heteroatoms. The van der Waals surface area contributed by atoms with E-state index in [-0.39, 0.29) is 41.4 Å². The molecule has 2 aromatic carbocycles. The zero-order valence-electron chi connectivity index (χ0n) is 15.2. The first-order chi connectivity index (χ1) is 15.0. The van der Waals surface area contributed by atoms with Gasteiger partial charge in [0.2, 0.25) is 0 Å². The fourth-order valence-corrected chi connectivity index (χ4v) is 3.77. The quantitative estimate of drug-likeness (QED) is 0.173. The highest BCUT2D eigenvalue weighted by molar-refractivity contribution is 9.10. The van der Waals surface area contributed by atoms with Crippen molar-refractivity contribution in [3.05, 3.63) is 87.5 Å². The predicted octanol–water partition coefficient (Wildman–Crippen LogP) is 7.40. The molecule has 164 valence electrons. The summed E-state index contributed by atoms with van der Waals surface area (Å²) in [4.78, 5) is 27.5. The van der Waals surface area contributed by atoms with Crippen LogP contribution in [-0.4, -0.2) is 19.8 Å². The van der Waals surface area contributed by atoms with Gasteiger partial charge in [0.25, 0.3) is 0 Å². The molecule has 0 aliphatic rings. The van der Waals surface area contributed by atoms with Gasteiger partial charge in [-0.3, -0.25) is 20.2 Å². The maximum absolute atomic E-state index is 13.2. The van der Waals surface area contributed by atoms with E-state index < -0.39 is 21.5 Å². The molecular weight excluding hydrogens is 605 g/mol. The van der Waals surface area contributed by atoms with E-state index in [2.05, 4.69) is 41.8 Å². The molecule has 0 spiro atoms. The molecule has 0 unspecified atom stereocenters. The monoisotopic (exact) mass is 608 g/mol. The summed E-state index contributed by atoms with van der Waals surface area (Å²) < 4.78 is 26.7. The summed E-state index contributed by atoms with van der Waals surface area (Å²) >= 11 is 17.6. The highest BCUT2D eigenvalue weighted by atomic mass is 79.9.